The molecule has 0 atom stereocenters. The highest BCUT2D eigenvalue weighted by Gasteiger charge is 2.21. The number of carbonyl (C=O) groups excluding carboxylic acids is 1. The minimum atomic E-state index is 0.186. The Morgan fingerprint density at radius 1 is 1.05 bits per heavy atom. The van der Waals surface area contributed by atoms with E-state index < -0.39 is 0 Å². The molecule has 5 nitrogen and oxygen atoms in total. The Morgan fingerprint density at radius 2 is 1.68 bits per heavy atom. The highest BCUT2D eigenvalue weighted by Crippen LogP contribution is 2.20. The van der Waals surface area contributed by atoms with E-state index in [0.29, 0.717) is 6.54 Å². The van der Waals surface area contributed by atoms with E-state index in [0.717, 1.165) is 31.9 Å². The van der Waals surface area contributed by atoms with Crippen molar-refractivity contribution in [2.24, 2.45) is 0 Å². The van der Waals surface area contributed by atoms with E-state index in [1.54, 1.807) is 7.11 Å². The van der Waals surface area contributed by atoms with Crippen LogP contribution in [0.15, 0.2) is 48.8 Å². The lowest BCUT2D eigenvalue weighted by Crippen LogP contribution is -2.49. The molecule has 0 aliphatic carbocycles. The van der Waals surface area contributed by atoms with E-state index in [4.69, 9.17) is 4.74 Å². The Kier molecular flexibility index (Phi) is 4.32. The van der Waals surface area contributed by atoms with Crippen LogP contribution in [0.4, 0.5) is 5.69 Å². The van der Waals surface area contributed by atoms with Gasteiger partial charge in [0.25, 0.3) is 0 Å². The lowest BCUT2D eigenvalue weighted by Gasteiger charge is -2.36. The summed E-state index contributed by atoms with van der Waals surface area (Å²) in [5.74, 6) is 1.05. The van der Waals surface area contributed by atoms with Gasteiger partial charge in [0.05, 0.1) is 7.11 Å². The zero-order valence-corrected chi connectivity index (χ0v) is 12.8. The Bertz CT molecular complexity index is 599. The Labute approximate surface area is 130 Å². The Morgan fingerprint density at radius 3 is 2.27 bits per heavy atom. The van der Waals surface area contributed by atoms with Gasteiger partial charge in [-0.15, -0.1) is 0 Å². The molecule has 1 aromatic heterocycles. The summed E-state index contributed by atoms with van der Waals surface area (Å²) in [5, 5.41) is 0. The number of rotatable bonds is 4. The number of hydrogen-bond donors (Lipinski definition) is 0. The van der Waals surface area contributed by atoms with Gasteiger partial charge in [0.1, 0.15) is 12.3 Å². The second-order valence-electron chi connectivity index (χ2n) is 5.42. The molecule has 116 valence electrons. The quantitative estimate of drug-likeness (QED) is 0.864. The third kappa shape index (κ3) is 3.24. The third-order valence-corrected chi connectivity index (χ3v) is 4.05. The first-order chi connectivity index (χ1) is 10.8. The molecule has 1 saturated heterocycles. The maximum absolute atomic E-state index is 12.3. The van der Waals surface area contributed by atoms with Gasteiger partial charge < -0.3 is 19.1 Å². The number of hydrogen-bond acceptors (Lipinski definition) is 3. The summed E-state index contributed by atoms with van der Waals surface area (Å²) in [5.41, 5.74) is 1.18. The van der Waals surface area contributed by atoms with E-state index in [2.05, 4.69) is 17.0 Å². The molecule has 0 bridgehead atoms. The highest BCUT2D eigenvalue weighted by atomic mass is 16.5. The second-order valence-corrected chi connectivity index (χ2v) is 5.42. The van der Waals surface area contributed by atoms with Gasteiger partial charge in [-0.2, -0.15) is 0 Å². The molecule has 2 aromatic rings. The molecule has 1 amide bonds. The number of benzene rings is 1. The molecule has 1 aliphatic rings. The van der Waals surface area contributed by atoms with Crippen LogP contribution < -0.4 is 9.64 Å². The lowest BCUT2D eigenvalue weighted by atomic mass is 10.2. The summed E-state index contributed by atoms with van der Waals surface area (Å²) in [7, 11) is 1.67. The van der Waals surface area contributed by atoms with Crippen molar-refractivity contribution >= 4 is 11.6 Å². The van der Waals surface area contributed by atoms with Gasteiger partial charge in [-0.3, -0.25) is 4.79 Å². The van der Waals surface area contributed by atoms with Gasteiger partial charge in [0, 0.05) is 44.3 Å². The Hall–Kier alpha value is -2.43. The van der Waals surface area contributed by atoms with Crippen molar-refractivity contribution in [1.82, 2.24) is 9.47 Å². The predicted octanol–water partition coefficient (Wildman–Crippen LogP) is 1.85. The normalized spacial score (nSPS) is 15.0. The molecule has 2 heterocycles. The van der Waals surface area contributed by atoms with E-state index in [1.165, 1.54) is 5.69 Å². The van der Waals surface area contributed by atoms with Crippen molar-refractivity contribution in [2.45, 2.75) is 6.54 Å². The first-order valence-corrected chi connectivity index (χ1v) is 7.54. The number of anilines is 1. The first kappa shape index (κ1) is 14.5. The molecule has 3 rings (SSSR count). The lowest BCUT2D eigenvalue weighted by molar-refractivity contribution is -0.132. The van der Waals surface area contributed by atoms with Crippen molar-refractivity contribution in [3.8, 4) is 5.75 Å². The number of methoxy groups -OCH3 is 1. The number of aromatic nitrogens is 1. The molecule has 0 N–H and O–H groups in total. The van der Waals surface area contributed by atoms with Gasteiger partial charge in [0.15, 0.2) is 0 Å². The van der Waals surface area contributed by atoms with Crippen LogP contribution in [-0.4, -0.2) is 48.7 Å². The van der Waals surface area contributed by atoms with Crippen LogP contribution in [0.5, 0.6) is 5.75 Å². The van der Waals surface area contributed by atoms with Crippen LogP contribution in [0.25, 0.3) is 0 Å². The predicted molar refractivity (Wildman–Crippen MR) is 86.2 cm³/mol. The molecule has 5 heteroatoms. The van der Waals surface area contributed by atoms with Crippen LogP contribution in [0.3, 0.4) is 0 Å². The topological polar surface area (TPSA) is 37.7 Å². The number of nitrogens with zero attached hydrogens (tertiary/aromatic N) is 3. The monoisotopic (exact) mass is 299 g/mol. The number of ether oxygens (including phenoxy) is 1. The number of amides is 1. The van der Waals surface area contributed by atoms with Crippen LogP contribution in [0.2, 0.25) is 0 Å². The van der Waals surface area contributed by atoms with Crippen molar-refractivity contribution in [3.63, 3.8) is 0 Å². The second kappa shape index (κ2) is 6.56. The third-order valence-electron chi connectivity index (χ3n) is 4.05. The van der Waals surface area contributed by atoms with Crippen molar-refractivity contribution in [1.29, 1.82) is 0 Å². The molecule has 0 spiro atoms. The van der Waals surface area contributed by atoms with Gasteiger partial charge in [0.2, 0.25) is 5.91 Å². The van der Waals surface area contributed by atoms with Gasteiger partial charge in [-0.05, 0) is 36.4 Å². The van der Waals surface area contributed by atoms with Gasteiger partial charge in [-0.25, -0.2) is 0 Å². The van der Waals surface area contributed by atoms with Gasteiger partial charge >= 0.3 is 0 Å². The standard InChI is InChI=1S/C17H21N3O2/c1-22-16-6-4-15(5-7-16)19-10-12-20(13-11-19)17(21)14-18-8-2-3-9-18/h2-9H,10-14H2,1H3. The van der Waals surface area contributed by atoms with Crippen molar-refractivity contribution in [2.75, 3.05) is 38.2 Å². The van der Waals surface area contributed by atoms with Crippen molar-refractivity contribution < 1.29 is 9.53 Å². The number of piperazine rings is 1. The molecule has 1 aliphatic heterocycles. The largest absolute Gasteiger partial charge is 0.497 e. The molecular weight excluding hydrogens is 278 g/mol. The minimum Gasteiger partial charge on any atom is -0.497 e. The van der Waals surface area contributed by atoms with Gasteiger partial charge in [-0.1, -0.05) is 0 Å². The minimum absolute atomic E-state index is 0.186. The summed E-state index contributed by atoms with van der Waals surface area (Å²) in [6, 6.07) is 12.0. The van der Waals surface area contributed by atoms with Crippen molar-refractivity contribution in [3.05, 3.63) is 48.8 Å². The zero-order valence-electron chi connectivity index (χ0n) is 12.8. The SMILES string of the molecule is COc1ccc(N2CCN(C(=O)Cn3cccc3)CC2)cc1. The van der Waals surface area contributed by atoms with Crippen LogP contribution in [0.1, 0.15) is 0 Å². The fourth-order valence-corrected chi connectivity index (χ4v) is 2.74. The fraction of sp³-hybridized carbons (Fsp3) is 0.353. The molecule has 0 unspecified atom stereocenters. The smallest absolute Gasteiger partial charge is 0.242 e. The van der Waals surface area contributed by atoms with E-state index in [1.807, 2.05) is 46.1 Å². The van der Waals surface area contributed by atoms with E-state index in [9.17, 15) is 4.79 Å². The average molecular weight is 299 g/mol. The molecule has 0 saturated carbocycles. The van der Waals surface area contributed by atoms with Crippen LogP contribution in [0, 0.1) is 0 Å². The first-order valence-electron chi connectivity index (χ1n) is 7.54. The molecule has 0 radical (unpaired) electrons. The number of carbonyl (C=O) groups is 1. The molecule has 22 heavy (non-hydrogen) atoms. The summed E-state index contributed by atoms with van der Waals surface area (Å²) in [4.78, 5) is 16.5. The average Bonchev–Trinajstić information content (AvgIpc) is 3.08. The summed E-state index contributed by atoms with van der Waals surface area (Å²) in [6.07, 6.45) is 3.84. The van der Waals surface area contributed by atoms with E-state index in [-0.39, 0.29) is 5.91 Å². The summed E-state index contributed by atoms with van der Waals surface area (Å²) >= 11 is 0. The summed E-state index contributed by atoms with van der Waals surface area (Å²) < 4.78 is 7.10. The maximum Gasteiger partial charge on any atom is 0.242 e. The maximum atomic E-state index is 12.3. The van der Waals surface area contributed by atoms with Crippen LogP contribution >= 0.6 is 0 Å². The fourth-order valence-electron chi connectivity index (χ4n) is 2.74. The van der Waals surface area contributed by atoms with E-state index >= 15 is 0 Å². The zero-order chi connectivity index (χ0) is 15.4. The van der Waals surface area contributed by atoms with Crippen LogP contribution in [-0.2, 0) is 11.3 Å². The molecular formula is C17H21N3O2. The highest BCUT2D eigenvalue weighted by molar-refractivity contribution is 5.76. The Balaban J connectivity index is 1.54. The molecule has 1 fully saturated rings. The summed E-state index contributed by atoms with van der Waals surface area (Å²) in [6.45, 7) is 3.70. The molecule has 1 aromatic carbocycles.